The summed E-state index contributed by atoms with van der Waals surface area (Å²) >= 11 is 0. The number of hydrogen-bond acceptors (Lipinski definition) is 4. The summed E-state index contributed by atoms with van der Waals surface area (Å²) in [6.07, 6.45) is 3.48. The van der Waals surface area contributed by atoms with Gasteiger partial charge in [-0.2, -0.15) is 0 Å². The van der Waals surface area contributed by atoms with Crippen LogP contribution in [0, 0.1) is 0 Å². The molecule has 2 aromatic carbocycles. The molecule has 26 heavy (non-hydrogen) atoms. The van der Waals surface area contributed by atoms with Crippen molar-refractivity contribution in [2.75, 3.05) is 33.0 Å². The summed E-state index contributed by atoms with van der Waals surface area (Å²) < 4.78 is 10.7. The standard InChI is InChI=1S/C21H22N2O3/c24-21(9-7-17-6-8-19-20(14-17)26-16-25-19)23-12-10-22(11-13-23)15-18-4-2-1-3-5-18/h1-9,14H,10-13,15-16H2. The van der Waals surface area contributed by atoms with Crippen LogP contribution >= 0.6 is 0 Å². The van der Waals surface area contributed by atoms with E-state index in [2.05, 4.69) is 29.2 Å². The molecule has 5 nitrogen and oxygen atoms in total. The van der Waals surface area contributed by atoms with Crippen LogP contribution in [0.3, 0.4) is 0 Å². The van der Waals surface area contributed by atoms with Crippen LogP contribution < -0.4 is 9.47 Å². The van der Waals surface area contributed by atoms with Crippen LogP contribution in [0.1, 0.15) is 11.1 Å². The first-order valence-electron chi connectivity index (χ1n) is 8.91. The molecule has 2 aliphatic heterocycles. The Morgan fingerprint density at radius 1 is 0.962 bits per heavy atom. The Hall–Kier alpha value is -2.79. The lowest BCUT2D eigenvalue weighted by Crippen LogP contribution is -2.47. The number of hydrogen-bond donors (Lipinski definition) is 0. The fourth-order valence-electron chi connectivity index (χ4n) is 3.26. The van der Waals surface area contributed by atoms with Gasteiger partial charge in [0.15, 0.2) is 11.5 Å². The molecular formula is C21H22N2O3. The molecule has 2 aromatic rings. The van der Waals surface area contributed by atoms with Crippen LogP contribution in [-0.2, 0) is 11.3 Å². The van der Waals surface area contributed by atoms with Crippen molar-refractivity contribution in [1.82, 2.24) is 9.80 Å². The molecule has 0 saturated carbocycles. The lowest BCUT2D eigenvalue weighted by Gasteiger charge is -2.34. The van der Waals surface area contributed by atoms with Gasteiger partial charge in [0.25, 0.3) is 0 Å². The maximum absolute atomic E-state index is 12.4. The van der Waals surface area contributed by atoms with Crippen LogP contribution in [0.2, 0.25) is 0 Å². The Balaban J connectivity index is 1.29. The van der Waals surface area contributed by atoms with E-state index in [9.17, 15) is 4.79 Å². The molecule has 1 saturated heterocycles. The first-order chi connectivity index (χ1) is 12.8. The summed E-state index contributed by atoms with van der Waals surface area (Å²) in [5, 5.41) is 0. The molecule has 0 aliphatic carbocycles. The fraction of sp³-hybridized carbons (Fsp3) is 0.286. The van der Waals surface area contributed by atoms with E-state index < -0.39 is 0 Å². The number of piperazine rings is 1. The molecule has 2 aliphatic rings. The Morgan fingerprint density at radius 2 is 1.73 bits per heavy atom. The van der Waals surface area contributed by atoms with Crippen LogP contribution in [-0.4, -0.2) is 48.7 Å². The van der Waals surface area contributed by atoms with E-state index in [-0.39, 0.29) is 12.7 Å². The van der Waals surface area contributed by atoms with Crippen molar-refractivity contribution in [3.05, 3.63) is 65.7 Å². The molecule has 0 radical (unpaired) electrons. The van der Waals surface area contributed by atoms with Crippen LogP contribution in [0.15, 0.2) is 54.6 Å². The van der Waals surface area contributed by atoms with Gasteiger partial charge in [0.2, 0.25) is 12.7 Å². The smallest absolute Gasteiger partial charge is 0.246 e. The summed E-state index contributed by atoms with van der Waals surface area (Å²) in [5.74, 6) is 1.54. The zero-order chi connectivity index (χ0) is 17.8. The monoisotopic (exact) mass is 350 g/mol. The van der Waals surface area contributed by atoms with Crippen molar-refractivity contribution in [1.29, 1.82) is 0 Å². The van der Waals surface area contributed by atoms with Crippen molar-refractivity contribution in [2.45, 2.75) is 6.54 Å². The molecule has 2 heterocycles. The highest BCUT2D eigenvalue weighted by Gasteiger charge is 2.19. The summed E-state index contributed by atoms with van der Waals surface area (Å²) in [6, 6.07) is 16.1. The lowest BCUT2D eigenvalue weighted by molar-refractivity contribution is -0.127. The van der Waals surface area contributed by atoms with Crippen molar-refractivity contribution < 1.29 is 14.3 Å². The SMILES string of the molecule is O=C(C=Cc1ccc2c(c1)OCO2)N1CCN(Cc2ccccc2)CC1. The van der Waals surface area contributed by atoms with Gasteiger partial charge in [0, 0.05) is 38.8 Å². The number of ether oxygens (including phenoxy) is 2. The number of fused-ring (bicyclic) bond motifs is 1. The van der Waals surface area contributed by atoms with Crippen molar-refractivity contribution in [3.8, 4) is 11.5 Å². The molecule has 1 amide bonds. The maximum atomic E-state index is 12.4. The third kappa shape index (κ3) is 3.89. The summed E-state index contributed by atoms with van der Waals surface area (Å²) in [4.78, 5) is 16.7. The summed E-state index contributed by atoms with van der Waals surface area (Å²) in [6.45, 7) is 4.52. The molecule has 4 rings (SSSR count). The second-order valence-electron chi connectivity index (χ2n) is 6.53. The largest absolute Gasteiger partial charge is 0.454 e. The van der Waals surface area contributed by atoms with Crippen LogP contribution in [0.25, 0.3) is 6.08 Å². The number of benzene rings is 2. The lowest BCUT2D eigenvalue weighted by atomic mass is 10.1. The van der Waals surface area contributed by atoms with Gasteiger partial charge in [0.1, 0.15) is 0 Å². The highest BCUT2D eigenvalue weighted by atomic mass is 16.7. The van der Waals surface area contributed by atoms with Crippen molar-refractivity contribution >= 4 is 12.0 Å². The van der Waals surface area contributed by atoms with Gasteiger partial charge in [0.05, 0.1) is 0 Å². The number of carbonyl (C=O) groups excluding carboxylic acids is 1. The van der Waals surface area contributed by atoms with E-state index in [1.165, 1.54) is 5.56 Å². The van der Waals surface area contributed by atoms with E-state index in [1.54, 1.807) is 6.08 Å². The quantitative estimate of drug-likeness (QED) is 0.795. The molecule has 134 valence electrons. The average Bonchev–Trinajstić information content (AvgIpc) is 3.15. The maximum Gasteiger partial charge on any atom is 0.246 e. The molecule has 0 spiro atoms. The number of amides is 1. The Bertz CT molecular complexity index is 796. The number of rotatable bonds is 4. The molecule has 0 aromatic heterocycles. The van der Waals surface area contributed by atoms with Gasteiger partial charge >= 0.3 is 0 Å². The van der Waals surface area contributed by atoms with Gasteiger partial charge < -0.3 is 14.4 Å². The average molecular weight is 350 g/mol. The Morgan fingerprint density at radius 3 is 2.54 bits per heavy atom. The van der Waals surface area contributed by atoms with Crippen molar-refractivity contribution in [2.24, 2.45) is 0 Å². The Labute approximate surface area is 153 Å². The highest BCUT2D eigenvalue weighted by Crippen LogP contribution is 2.32. The third-order valence-electron chi connectivity index (χ3n) is 4.75. The topological polar surface area (TPSA) is 42.0 Å². The van der Waals surface area contributed by atoms with E-state index in [1.807, 2.05) is 35.2 Å². The molecule has 0 bridgehead atoms. The fourth-order valence-corrected chi connectivity index (χ4v) is 3.26. The second kappa shape index (κ2) is 7.62. The second-order valence-corrected chi connectivity index (χ2v) is 6.53. The first kappa shape index (κ1) is 16.7. The van der Waals surface area contributed by atoms with Gasteiger partial charge in [-0.15, -0.1) is 0 Å². The van der Waals surface area contributed by atoms with Gasteiger partial charge in [-0.3, -0.25) is 9.69 Å². The van der Waals surface area contributed by atoms with E-state index in [0.29, 0.717) is 0 Å². The predicted molar refractivity (Wildman–Crippen MR) is 99.9 cm³/mol. The minimum Gasteiger partial charge on any atom is -0.454 e. The molecule has 0 unspecified atom stereocenters. The molecule has 1 fully saturated rings. The van der Waals surface area contributed by atoms with E-state index in [0.717, 1.165) is 49.8 Å². The Kier molecular flexibility index (Phi) is 4.88. The molecule has 5 heteroatoms. The van der Waals surface area contributed by atoms with Crippen LogP contribution in [0.4, 0.5) is 0 Å². The zero-order valence-corrected chi connectivity index (χ0v) is 14.6. The summed E-state index contributed by atoms with van der Waals surface area (Å²) in [5.41, 5.74) is 2.25. The first-order valence-corrected chi connectivity index (χ1v) is 8.91. The zero-order valence-electron chi connectivity index (χ0n) is 14.6. The van der Waals surface area contributed by atoms with E-state index >= 15 is 0 Å². The molecule has 0 atom stereocenters. The normalized spacial score (nSPS) is 17.0. The molecular weight excluding hydrogens is 328 g/mol. The molecule has 0 N–H and O–H groups in total. The minimum absolute atomic E-state index is 0.0574. The van der Waals surface area contributed by atoms with Gasteiger partial charge in [-0.1, -0.05) is 36.4 Å². The third-order valence-corrected chi connectivity index (χ3v) is 4.75. The van der Waals surface area contributed by atoms with Crippen LogP contribution in [0.5, 0.6) is 11.5 Å². The number of nitrogens with zero attached hydrogens (tertiary/aromatic N) is 2. The van der Waals surface area contributed by atoms with Gasteiger partial charge in [-0.05, 0) is 29.3 Å². The minimum atomic E-state index is 0.0574. The predicted octanol–water partition coefficient (Wildman–Crippen LogP) is 2.77. The van der Waals surface area contributed by atoms with Gasteiger partial charge in [-0.25, -0.2) is 0 Å². The summed E-state index contributed by atoms with van der Waals surface area (Å²) in [7, 11) is 0. The highest BCUT2D eigenvalue weighted by molar-refractivity contribution is 5.92. The van der Waals surface area contributed by atoms with E-state index in [4.69, 9.17) is 9.47 Å². The van der Waals surface area contributed by atoms with Crippen molar-refractivity contribution in [3.63, 3.8) is 0 Å². The number of carbonyl (C=O) groups is 1.